The van der Waals surface area contributed by atoms with Gasteiger partial charge in [0.05, 0.1) is 25.2 Å². The fraction of sp³-hybridized carbons (Fsp3) is 0.400. The highest BCUT2D eigenvalue weighted by atomic mass is 16.4. The van der Waals surface area contributed by atoms with Gasteiger partial charge in [-0.05, 0) is 0 Å². The summed E-state index contributed by atoms with van der Waals surface area (Å²) in [4.78, 5) is 24.4. The standard InChI is InChI=1S/C5H4N4.C5H11NO4/c1-4-5(8-2-6-1)9-3-7-4;6-3(1-7)5(10)4(9)2-8/h1-3H,(H,6,7,8,9);1,3-5,8-10H,2,6H2/t;3-,4+,5-/m.0/s1. The van der Waals surface area contributed by atoms with Crippen molar-refractivity contribution < 1.29 is 20.1 Å². The second-order valence-electron chi connectivity index (χ2n) is 3.62. The van der Waals surface area contributed by atoms with Crippen molar-refractivity contribution in [3.05, 3.63) is 18.9 Å². The molecule has 0 saturated carbocycles. The molecule has 0 fully saturated rings. The molecule has 0 radical (unpaired) electrons. The Morgan fingerprint density at radius 2 is 2.16 bits per heavy atom. The van der Waals surface area contributed by atoms with E-state index in [0.29, 0.717) is 11.9 Å². The van der Waals surface area contributed by atoms with Crippen molar-refractivity contribution in [2.45, 2.75) is 18.2 Å². The quantitative estimate of drug-likeness (QED) is 0.383. The zero-order valence-corrected chi connectivity index (χ0v) is 9.92. The number of hydrogen-bond donors (Lipinski definition) is 5. The number of nitrogens with two attached hydrogens (primary N) is 1. The molecule has 9 heteroatoms. The number of nitrogens with zero attached hydrogens (tertiary/aromatic N) is 3. The number of hydrogen-bond acceptors (Lipinski definition) is 8. The Morgan fingerprint density at radius 1 is 1.42 bits per heavy atom. The molecule has 0 saturated heterocycles. The average molecular weight is 269 g/mol. The van der Waals surface area contributed by atoms with Crippen LogP contribution in [0.15, 0.2) is 18.9 Å². The number of rotatable bonds is 4. The number of aliphatic hydroxyl groups is 3. The molecule has 0 aliphatic rings. The van der Waals surface area contributed by atoms with Crippen LogP contribution in [0.2, 0.25) is 0 Å². The van der Waals surface area contributed by atoms with Crippen LogP contribution in [-0.2, 0) is 4.79 Å². The lowest BCUT2D eigenvalue weighted by atomic mass is 10.1. The highest BCUT2D eigenvalue weighted by molar-refractivity contribution is 5.67. The summed E-state index contributed by atoms with van der Waals surface area (Å²) in [6.07, 6.45) is 2.34. The average Bonchev–Trinajstić information content (AvgIpc) is 2.93. The number of aldehydes is 1. The van der Waals surface area contributed by atoms with Crippen LogP contribution in [0.1, 0.15) is 0 Å². The summed E-state index contributed by atoms with van der Waals surface area (Å²) in [7, 11) is 0. The van der Waals surface area contributed by atoms with Gasteiger partial charge in [0.25, 0.3) is 0 Å². The summed E-state index contributed by atoms with van der Waals surface area (Å²) in [6, 6.07) is -1.14. The van der Waals surface area contributed by atoms with Crippen LogP contribution in [0, 0.1) is 0 Å². The molecule has 2 aromatic heterocycles. The van der Waals surface area contributed by atoms with Gasteiger partial charge in [0.2, 0.25) is 0 Å². The van der Waals surface area contributed by atoms with E-state index < -0.39 is 24.9 Å². The van der Waals surface area contributed by atoms with Gasteiger partial charge in [0.15, 0.2) is 5.65 Å². The molecule has 19 heavy (non-hydrogen) atoms. The van der Waals surface area contributed by atoms with E-state index in [0.717, 1.165) is 5.52 Å². The third kappa shape index (κ3) is 4.34. The zero-order valence-electron chi connectivity index (χ0n) is 9.92. The van der Waals surface area contributed by atoms with E-state index in [1.165, 1.54) is 6.33 Å². The monoisotopic (exact) mass is 269 g/mol. The number of carbonyl (C=O) groups excluding carboxylic acids is 1. The highest BCUT2D eigenvalue weighted by Gasteiger charge is 2.21. The molecule has 2 rings (SSSR count). The van der Waals surface area contributed by atoms with E-state index in [2.05, 4.69) is 19.9 Å². The first-order chi connectivity index (χ1) is 9.10. The Kier molecular flexibility index (Phi) is 5.96. The van der Waals surface area contributed by atoms with Gasteiger partial charge >= 0.3 is 0 Å². The normalized spacial score (nSPS) is 15.2. The summed E-state index contributed by atoms with van der Waals surface area (Å²) < 4.78 is 0. The molecule has 0 aromatic carbocycles. The van der Waals surface area contributed by atoms with Crippen LogP contribution in [0.4, 0.5) is 0 Å². The largest absolute Gasteiger partial charge is 0.394 e. The van der Waals surface area contributed by atoms with Gasteiger partial charge in [-0.25, -0.2) is 15.0 Å². The van der Waals surface area contributed by atoms with Crippen molar-refractivity contribution in [2.24, 2.45) is 5.73 Å². The summed E-state index contributed by atoms with van der Waals surface area (Å²) in [6.45, 7) is -0.608. The number of carbonyl (C=O) groups is 1. The maximum atomic E-state index is 9.89. The molecule has 0 spiro atoms. The first kappa shape index (κ1) is 15.1. The number of imidazole rings is 1. The summed E-state index contributed by atoms with van der Waals surface area (Å²) in [5, 5.41) is 25.8. The van der Waals surface area contributed by atoms with Crippen LogP contribution in [0.5, 0.6) is 0 Å². The van der Waals surface area contributed by atoms with Crippen LogP contribution in [0.25, 0.3) is 11.2 Å². The third-order valence-corrected chi connectivity index (χ3v) is 2.23. The SMILES string of the molecule is N[C@@H](C=O)[C@H](O)[C@H](O)CO.c1ncc2[nH]cnc2n1. The first-order valence-corrected chi connectivity index (χ1v) is 5.37. The molecular weight excluding hydrogens is 254 g/mol. The Hall–Kier alpha value is -1.94. The van der Waals surface area contributed by atoms with Gasteiger partial charge in [-0.2, -0.15) is 0 Å². The molecular formula is C10H15N5O4. The second kappa shape index (κ2) is 7.48. The molecule has 2 aromatic rings. The zero-order chi connectivity index (χ0) is 14.3. The fourth-order valence-electron chi connectivity index (χ4n) is 1.14. The Morgan fingerprint density at radius 3 is 2.74 bits per heavy atom. The Balaban J connectivity index is 0.000000190. The highest BCUT2D eigenvalue weighted by Crippen LogP contribution is 1.99. The predicted molar refractivity (Wildman–Crippen MR) is 64.8 cm³/mol. The molecule has 0 unspecified atom stereocenters. The molecule has 6 N–H and O–H groups in total. The van der Waals surface area contributed by atoms with E-state index in [-0.39, 0.29) is 0 Å². The minimum absolute atomic E-state index is 0.309. The van der Waals surface area contributed by atoms with Crippen molar-refractivity contribution in [2.75, 3.05) is 6.61 Å². The van der Waals surface area contributed by atoms with Gasteiger partial charge in [-0.15, -0.1) is 0 Å². The van der Waals surface area contributed by atoms with Gasteiger partial charge in [0, 0.05) is 0 Å². The van der Waals surface area contributed by atoms with Gasteiger partial charge in [-0.3, -0.25) is 0 Å². The third-order valence-electron chi connectivity index (χ3n) is 2.23. The summed E-state index contributed by atoms with van der Waals surface area (Å²) in [5.74, 6) is 0. The second-order valence-corrected chi connectivity index (χ2v) is 3.62. The van der Waals surface area contributed by atoms with Crippen molar-refractivity contribution in [1.29, 1.82) is 0 Å². The molecule has 104 valence electrons. The minimum atomic E-state index is -1.39. The van der Waals surface area contributed by atoms with Crippen LogP contribution < -0.4 is 5.73 Å². The number of aromatic nitrogens is 4. The van der Waals surface area contributed by atoms with Gasteiger partial charge in [0.1, 0.15) is 30.3 Å². The molecule has 0 amide bonds. The maximum absolute atomic E-state index is 9.89. The van der Waals surface area contributed by atoms with E-state index in [4.69, 9.17) is 21.1 Å². The molecule has 0 aliphatic carbocycles. The number of fused-ring (bicyclic) bond motifs is 1. The summed E-state index contributed by atoms with van der Waals surface area (Å²) in [5.41, 5.74) is 6.59. The summed E-state index contributed by atoms with van der Waals surface area (Å²) >= 11 is 0. The van der Waals surface area contributed by atoms with Gasteiger partial charge < -0.3 is 30.8 Å². The van der Waals surface area contributed by atoms with Crippen molar-refractivity contribution >= 4 is 17.5 Å². The maximum Gasteiger partial charge on any atom is 0.180 e. The lowest BCUT2D eigenvalue weighted by molar-refractivity contribution is -0.114. The minimum Gasteiger partial charge on any atom is -0.394 e. The number of H-pyrrole nitrogens is 1. The number of aliphatic hydroxyl groups excluding tert-OH is 3. The predicted octanol–water partition coefficient (Wildman–Crippen LogP) is -2.42. The van der Waals surface area contributed by atoms with E-state index in [1.54, 1.807) is 12.5 Å². The first-order valence-electron chi connectivity index (χ1n) is 5.37. The Labute approximate surface area is 108 Å². The van der Waals surface area contributed by atoms with Crippen LogP contribution in [-0.4, -0.2) is 66.4 Å². The lowest BCUT2D eigenvalue weighted by Gasteiger charge is -2.17. The Bertz CT molecular complexity index is 475. The lowest BCUT2D eigenvalue weighted by Crippen LogP contribution is -2.45. The molecule has 2 heterocycles. The smallest absolute Gasteiger partial charge is 0.180 e. The molecule has 9 nitrogen and oxygen atoms in total. The van der Waals surface area contributed by atoms with Crippen molar-refractivity contribution in [1.82, 2.24) is 19.9 Å². The van der Waals surface area contributed by atoms with E-state index >= 15 is 0 Å². The number of nitrogens with one attached hydrogen (secondary N) is 1. The topological polar surface area (TPSA) is 158 Å². The van der Waals surface area contributed by atoms with E-state index in [9.17, 15) is 4.79 Å². The fourth-order valence-corrected chi connectivity index (χ4v) is 1.14. The number of aromatic amines is 1. The van der Waals surface area contributed by atoms with E-state index in [1.807, 2.05) is 0 Å². The molecule has 3 atom stereocenters. The van der Waals surface area contributed by atoms with Gasteiger partial charge in [-0.1, -0.05) is 0 Å². The van der Waals surface area contributed by atoms with Crippen molar-refractivity contribution in [3.8, 4) is 0 Å². The molecule has 0 aliphatic heterocycles. The van der Waals surface area contributed by atoms with Crippen LogP contribution >= 0.6 is 0 Å². The molecule has 0 bridgehead atoms. The van der Waals surface area contributed by atoms with Crippen LogP contribution in [0.3, 0.4) is 0 Å². The van der Waals surface area contributed by atoms with Crippen molar-refractivity contribution in [3.63, 3.8) is 0 Å².